The van der Waals surface area contributed by atoms with Gasteiger partial charge in [0.05, 0.1) is 0 Å². The van der Waals surface area contributed by atoms with Crippen LogP contribution in [0, 0.1) is 0 Å². The fourth-order valence-corrected chi connectivity index (χ4v) is 1.44. The summed E-state index contributed by atoms with van der Waals surface area (Å²) in [6.07, 6.45) is 1.11. The Balaban J connectivity index is 1.99. The molecule has 0 saturated carbocycles. The molecule has 1 heterocycles. The van der Waals surface area contributed by atoms with E-state index in [2.05, 4.69) is 10.2 Å². The molecule has 1 N–H and O–H groups in total. The van der Waals surface area contributed by atoms with Crippen molar-refractivity contribution >= 4 is 5.97 Å². The molecule has 2 aromatic rings. The molecule has 1 aromatic heterocycles. The summed E-state index contributed by atoms with van der Waals surface area (Å²) in [4.78, 5) is 10.3. The van der Waals surface area contributed by atoms with Gasteiger partial charge in [-0.25, -0.2) is 0 Å². The minimum atomic E-state index is -0.812. The number of carbonyl (C=O) groups is 1. The number of hydrogen-bond acceptors (Lipinski definition) is 4. The normalized spacial score (nSPS) is 10.4. The van der Waals surface area contributed by atoms with Crippen LogP contribution in [0.4, 0.5) is 0 Å². The minimum Gasteiger partial charge on any atom is -0.481 e. The van der Waals surface area contributed by atoms with E-state index < -0.39 is 5.97 Å². The summed E-state index contributed by atoms with van der Waals surface area (Å²) in [6.45, 7) is 0. The average molecular weight is 232 g/mol. The third-order valence-electron chi connectivity index (χ3n) is 2.27. The molecule has 5 heteroatoms. The van der Waals surface area contributed by atoms with E-state index in [1.54, 1.807) is 0 Å². The second kappa shape index (κ2) is 5.25. The van der Waals surface area contributed by atoms with Crippen LogP contribution < -0.4 is 0 Å². The largest absolute Gasteiger partial charge is 0.481 e. The van der Waals surface area contributed by atoms with Crippen molar-refractivity contribution in [3.05, 3.63) is 36.2 Å². The van der Waals surface area contributed by atoms with Gasteiger partial charge in [0, 0.05) is 18.4 Å². The monoisotopic (exact) mass is 232 g/mol. The van der Waals surface area contributed by atoms with Gasteiger partial charge in [-0.05, 0) is 18.6 Å². The Morgan fingerprint density at radius 2 is 2.00 bits per heavy atom. The molecule has 0 aliphatic heterocycles. The fourth-order valence-electron chi connectivity index (χ4n) is 1.44. The highest BCUT2D eigenvalue weighted by Gasteiger charge is 2.08. The highest BCUT2D eigenvalue weighted by atomic mass is 16.4. The van der Waals surface area contributed by atoms with Gasteiger partial charge in [-0.1, -0.05) is 18.2 Å². The number of aromatic nitrogens is 2. The van der Waals surface area contributed by atoms with E-state index in [-0.39, 0.29) is 6.42 Å². The molecule has 2 rings (SSSR count). The first kappa shape index (κ1) is 11.3. The maximum absolute atomic E-state index is 10.3. The molecule has 0 atom stereocenters. The van der Waals surface area contributed by atoms with Crippen LogP contribution in [0.25, 0.3) is 11.5 Å². The lowest BCUT2D eigenvalue weighted by Crippen LogP contribution is -1.95. The van der Waals surface area contributed by atoms with Crippen LogP contribution in [-0.2, 0) is 11.2 Å². The molecule has 0 bridgehead atoms. The summed E-state index contributed by atoms with van der Waals surface area (Å²) in [5, 5.41) is 16.3. The Kier molecular flexibility index (Phi) is 3.49. The van der Waals surface area contributed by atoms with Crippen LogP contribution in [0.1, 0.15) is 18.7 Å². The molecule has 0 spiro atoms. The molecule has 0 fully saturated rings. The van der Waals surface area contributed by atoms with Gasteiger partial charge in [0.1, 0.15) is 0 Å². The predicted octanol–water partition coefficient (Wildman–Crippen LogP) is 2.14. The Morgan fingerprint density at radius 3 is 2.71 bits per heavy atom. The summed E-state index contributed by atoms with van der Waals surface area (Å²) in [6, 6.07) is 9.46. The number of nitrogens with zero attached hydrogens (tertiary/aromatic N) is 2. The fraction of sp³-hybridized carbons (Fsp3) is 0.250. The van der Waals surface area contributed by atoms with Gasteiger partial charge in [-0.3, -0.25) is 4.79 Å². The van der Waals surface area contributed by atoms with E-state index in [4.69, 9.17) is 9.52 Å². The molecule has 0 aliphatic rings. The van der Waals surface area contributed by atoms with Crippen molar-refractivity contribution in [3.8, 4) is 11.5 Å². The van der Waals surface area contributed by atoms with Crippen LogP contribution in [0.2, 0.25) is 0 Å². The Bertz CT molecular complexity index is 493. The van der Waals surface area contributed by atoms with Crippen molar-refractivity contribution in [1.82, 2.24) is 10.2 Å². The standard InChI is InChI=1S/C12H12N2O3/c15-11(16)8-4-7-10-13-14-12(17-10)9-5-2-1-3-6-9/h1-3,5-6H,4,7-8H2,(H,15,16). The first-order valence-electron chi connectivity index (χ1n) is 5.35. The van der Waals surface area contributed by atoms with E-state index in [0.29, 0.717) is 24.6 Å². The van der Waals surface area contributed by atoms with E-state index >= 15 is 0 Å². The lowest BCUT2D eigenvalue weighted by Gasteiger charge is -1.93. The number of carboxylic acids is 1. The zero-order chi connectivity index (χ0) is 12.1. The van der Waals surface area contributed by atoms with E-state index in [9.17, 15) is 4.79 Å². The highest BCUT2D eigenvalue weighted by Crippen LogP contribution is 2.17. The van der Waals surface area contributed by atoms with Gasteiger partial charge in [-0.2, -0.15) is 0 Å². The molecule has 5 nitrogen and oxygen atoms in total. The van der Waals surface area contributed by atoms with Crippen molar-refractivity contribution in [2.45, 2.75) is 19.3 Å². The molecular weight excluding hydrogens is 220 g/mol. The topological polar surface area (TPSA) is 76.2 Å². The van der Waals surface area contributed by atoms with E-state index in [1.165, 1.54) is 0 Å². The second-order valence-electron chi connectivity index (χ2n) is 3.61. The quantitative estimate of drug-likeness (QED) is 0.854. The average Bonchev–Trinajstić information content (AvgIpc) is 2.78. The maximum Gasteiger partial charge on any atom is 0.303 e. The smallest absolute Gasteiger partial charge is 0.303 e. The number of rotatable bonds is 5. The summed E-state index contributed by atoms with van der Waals surface area (Å²) in [7, 11) is 0. The van der Waals surface area contributed by atoms with Crippen molar-refractivity contribution < 1.29 is 14.3 Å². The third-order valence-corrected chi connectivity index (χ3v) is 2.27. The van der Waals surface area contributed by atoms with Crippen LogP contribution in [0.5, 0.6) is 0 Å². The molecule has 0 saturated heterocycles. The molecule has 1 aromatic carbocycles. The summed E-state index contributed by atoms with van der Waals surface area (Å²) < 4.78 is 5.44. The Labute approximate surface area is 98.1 Å². The van der Waals surface area contributed by atoms with Crippen molar-refractivity contribution in [1.29, 1.82) is 0 Å². The first-order chi connectivity index (χ1) is 8.25. The van der Waals surface area contributed by atoms with Gasteiger partial charge in [0.2, 0.25) is 11.8 Å². The van der Waals surface area contributed by atoms with Crippen molar-refractivity contribution in [2.75, 3.05) is 0 Å². The van der Waals surface area contributed by atoms with Crippen LogP contribution in [-0.4, -0.2) is 21.3 Å². The van der Waals surface area contributed by atoms with Gasteiger partial charge >= 0.3 is 5.97 Å². The molecule has 0 aliphatic carbocycles. The van der Waals surface area contributed by atoms with Gasteiger partial charge in [0.15, 0.2) is 0 Å². The number of aliphatic carboxylic acids is 1. The van der Waals surface area contributed by atoms with Gasteiger partial charge in [-0.15, -0.1) is 10.2 Å². The summed E-state index contributed by atoms with van der Waals surface area (Å²) in [5.74, 6) is 0.133. The minimum absolute atomic E-state index is 0.114. The predicted molar refractivity (Wildman–Crippen MR) is 60.3 cm³/mol. The number of benzene rings is 1. The molecule has 0 unspecified atom stereocenters. The number of hydrogen-bond donors (Lipinski definition) is 1. The first-order valence-corrected chi connectivity index (χ1v) is 5.35. The zero-order valence-electron chi connectivity index (χ0n) is 9.17. The van der Waals surface area contributed by atoms with Crippen molar-refractivity contribution in [3.63, 3.8) is 0 Å². The number of aryl methyl sites for hydroxylation is 1. The summed E-state index contributed by atoms with van der Waals surface area (Å²) >= 11 is 0. The van der Waals surface area contributed by atoms with Gasteiger partial charge < -0.3 is 9.52 Å². The molecule has 0 amide bonds. The molecular formula is C12H12N2O3. The Hall–Kier alpha value is -2.17. The van der Waals surface area contributed by atoms with Crippen molar-refractivity contribution in [2.24, 2.45) is 0 Å². The van der Waals surface area contributed by atoms with Gasteiger partial charge in [0.25, 0.3) is 0 Å². The second-order valence-corrected chi connectivity index (χ2v) is 3.61. The summed E-state index contributed by atoms with van der Waals surface area (Å²) in [5.41, 5.74) is 0.865. The molecule has 0 radical (unpaired) electrons. The molecule has 88 valence electrons. The third kappa shape index (κ3) is 3.14. The van der Waals surface area contributed by atoms with Crippen LogP contribution in [0.15, 0.2) is 34.7 Å². The molecule has 17 heavy (non-hydrogen) atoms. The van der Waals surface area contributed by atoms with E-state index in [1.807, 2.05) is 30.3 Å². The van der Waals surface area contributed by atoms with E-state index in [0.717, 1.165) is 5.56 Å². The SMILES string of the molecule is O=C(O)CCCc1nnc(-c2ccccc2)o1. The Morgan fingerprint density at radius 1 is 1.24 bits per heavy atom. The lowest BCUT2D eigenvalue weighted by molar-refractivity contribution is -0.137. The highest BCUT2D eigenvalue weighted by molar-refractivity contribution is 5.66. The lowest BCUT2D eigenvalue weighted by atomic mass is 10.2. The van der Waals surface area contributed by atoms with Crippen LogP contribution >= 0.6 is 0 Å². The van der Waals surface area contributed by atoms with Crippen LogP contribution in [0.3, 0.4) is 0 Å². The maximum atomic E-state index is 10.3. The zero-order valence-corrected chi connectivity index (χ0v) is 9.17. The number of carboxylic acid groups (broad SMARTS) is 1.